The summed E-state index contributed by atoms with van der Waals surface area (Å²) in [4.78, 5) is 10.8. The molecule has 0 radical (unpaired) electrons. The van der Waals surface area contributed by atoms with Gasteiger partial charge in [-0.25, -0.2) is 0 Å². The SMILES string of the molecule is [2H]C[C@@H](NC(C)=O)c1ccccc1. The quantitative estimate of drug-likeness (QED) is 0.710. The van der Waals surface area contributed by atoms with E-state index in [2.05, 4.69) is 5.32 Å². The van der Waals surface area contributed by atoms with E-state index in [0.717, 1.165) is 5.56 Å². The summed E-state index contributed by atoms with van der Waals surface area (Å²) in [5, 5.41) is 2.72. The smallest absolute Gasteiger partial charge is 0.217 e. The van der Waals surface area contributed by atoms with E-state index in [1.54, 1.807) is 0 Å². The second-order valence-electron chi connectivity index (χ2n) is 2.66. The van der Waals surface area contributed by atoms with Gasteiger partial charge < -0.3 is 5.32 Å². The van der Waals surface area contributed by atoms with Gasteiger partial charge in [0.25, 0.3) is 0 Å². The Labute approximate surface area is 74.0 Å². The van der Waals surface area contributed by atoms with Crippen molar-refractivity contribution in [3.8, 4) is 0 Å². The first kappa shape index (κ1) is 7.35. The first-order valence-corrected chi connectivity index (χ1v) is 3.85. The predicted octanol–water partition coefficient (Wildman–Crippen LogP) is 1.88. The van der Waals surface area contributed by atoms with Crippen LogP contribution in [0.4, 0.5) is 0 Å². The molecule has 0 aliphatic rings. The van der Waals surface area contributed by atoms with Crippen molar-refractivity contribution >= 4 is 5.91 Å². The summed E-state index contributed by atoms with van der Waals surface area (Å²) in [5.74, 6) is -0.0962. The Morgan fingerprint density at radius 1 is 1.50 bits per heavy atom. The standard InChI is InChI=1S/C10H13NO/c1-8(11-9(2)12)10-6-4-3-5-7-10/h3-8H,1-2H3,(H,11,12)/t8-/m1/s1/i1D. The number of carbonyl (C=O) groups excluding carboxylic acids is 1. The van der Waals surface area contributed by atoms with E-state index in [9.17, 15) is 4.79 Å². The number of amides is 1. The van der Waals surface area contributed by atoms with Crippen molar-refractivity contribution in [3.63, 3.8) is 0 Å². The number of hydrogen-bond donors (Lipinski definition) is 1. The van der Waals surface area contributed by atoms with Crippen LogP contribution in [0.2, 0.25) is 0 Å². The molecule has 0 heterocycles. The van der Waals surface area contributed by atoms with Crippen molar-refractivity contribution in [3.05, 3.63) is 35.9 Å². The zero-order valence-corrected chi connectivity index (χ0v) is 7.08. The fourth-order valence-electron chi connectivity index (χ4n) is 1.01. The van der Waals surface area contributed by atoms with Crippen molar-refractivity contribution in [2.75, 3.05) is 0 Å². The fraction of sp³-hybridized carbons (Fsp3) is 0.300. The number of rotatable bonds is 2. The molecule has 0 aliphatic carbocycles. The molecule has 1 atom stereocenters. The van der Waals surface area contributed by atoms with Crippen LogP contribution in [0.1, 0.15) is 26.8 Å². The lowest BCUT2D eigenvalue weighted by atomic mass is 10.1. The lowest BCUT2D eigenvalue weighted by molar-refractivity contribution is -0.119. The molecule has 0 aliphatic heterocycles. The molecular weight excluding hydrogens is 150 g/mol. The molecule has 2 heteroatoms. The summed E-state index contributed by atoms with van der Waals surface area (Å²) < 4.78 is 7.28. The first-order valence-electron chi connectivity index (χ1n) is 4.56. The molecule has 0 saturated carbocycles. The lowest BCUT2D eigenvalue weighted by Crippen LogP contribution is -2.23. The van der Waals surface area contributed by atoms with Gasteiger partial charge >= 0.3 is 0 Å². The van der Waals surface area contributed by atoms with Crippen molar-refractivity contribution in [2.45, 2.75) is 19.9 Å². The van der Waals surface area contributed by atoms with Gasteiger partial charge in [0.1, 0.15) is 0 Å². The molecule has 0 fully saturated rings. The Morgan fingerprint density at radius 3 is 2.67 bits per heavy atom. The number of hydrogen-bond acceptors (Lipinski definition) is 1. The highest BCUT2D eigenvalue weighted by Gasteiger charge is 2.03. The van der Waals surface area contributed by atoms with Crippen LogP contribution in [0.15, 0.2) is 30.3 Å². The molecular formula is C10H13NO. The van der Waals surface area contributed by atoms with Gasteiger partial charge in [-0.2, -0.15) is 0 Å². The average molecular weight is 164 g/mol. The normalized spacial score (nSPS) is 13.2. The van der Waals surface area contributed by atoms with Crippen molar-refractivity contribution in [1.82, 2.24) is 5.32 Å². The zero-order chi connectivity index (χ0) is 9.68. The maximum Gasteiger partial charge on any atom is 0.217 e. The van der Waals surface area contributed by atoms with Gasteiger partial charge in [0.05, 0.1) is 6.04 Å². The van der Waals surface area contributed by atoms with E-state index < -0.39 is 0 Å². The minimum atomic E-state index is -0.182. The molecule has 1 aromatic carbocycles. The molecule has 2 nitrogen and oxygen atoms in total. The van der Waals surface area contributed by atoms with Gasteiger partial charge in [-0.3, -0.25) is 4.79 Å². The van der Waals surface area contributed by atoms with Crippen LogP contribution < -0.4 is 5.32 Å². The molecule has 1 rings (SSSR count). The third-order valence-electron chi connectivity index (χ3n) is 1.58. The molecule has 0 unspecified atom stereocenters. The molecule has 0 aromatic heterocycles. The van der Waals surface area contributed by atoms with E-state index in [1.807, 2.05) is 30.3 Å². The third-order valence-corrected chi connectivity index (χ3v) is 1.58. The van der Waals surface area contributed by atoms with Gasteiger partial charge in [-0.05, 0) is 12.5 Å². The Balaban J connectivity index is 2.73. The van der Waals surface area contributed by atoms with E-state index in [-0.39, 0.29) is 18.8 Å². The van der Waals surface area contributed by atoms with E-state index in [1.165, 1.54) is 6.92 Å². The van der Waals surface area contributed by atoms with Gasteiger partial charge in [0.15, 0.2) is 0 Å². The highest BCUT2D eigenvalue weighted by atomic mass is 16.1. The summed E-state index contributed by atoms with van der Waals surface area (Å²) in [6.45, 7) is 1.63. The molecule has 12 heavy (non-hydrogen) atoms. The highest BCUT2D eigenvalue weighted by Crippen LogP contribution is 2.10. The van der Waals surface area contributed by atoms with Gasteiger partial charge in [-0.1, -0.05) is 30.3 Å². The maximum absolute atomic E-state index is 10.8. The van der Waals surface area contributed by atoms with Crippen LogP contribution in [0.5, 0.6) is 0 Å². The topological polar surface area (TPSA) is 29.1 Å². The molecule has 64 valence electrons. The zero-order valence-electron chi connectivity index (χ0n) is 8.08. The van der Waals surface area contributed by atoms with Gasteiger partial charge in [0.2, 0.25) is 5.91 Å². The van der Waals surface area contributed by atoms with E-state index >= 15 is 0 Å². The summed E-state index contributed by atoms with van der Waals surface area (Å²) in [6.07, 6.45) is 0. The molecule has 0 saturated heterocycles. The summed E-state index contributed by atoms with van der Waals surface area (Å²) in [6, 6.07) is 9.36. The Morgan fingerprint density at radius 2 is 2.17 bits per heavy atom. The number of benzene rings is 1. The van der Waals surface area contributed by atoms with Crippen LogP contribution in [-0.2, 0) is 4.79 Å². The van der Waals surface area contributed by atoms with E-state index in [4.69, 9.17) is 1.37 Å². The van der Waals surface area contributed by atoms with E-state index in [0.29, 0.717) is 0 Å². The predicted molar refractivity (Wildman–Crippen MR) is 48.7 cm³/mol. The highest BCUT2D eigenvalue weighted by molar-refractivity contribution is 5.73. The molecule has 0 spiro atoms. The largest absolute Gasteiger partial charge is 0.350 e. The van der Waals surface area contributed by atoms with Crippen molar-refractivity contribution in [2.24, 2.45) is 0 Å². The van der Waals surface area contributed by atoms with Crippen LogP contribution >= 0.6 is 0 Å². The first-order chi connectivity index (χ1) is 6.24. The Bertz CT molecular complexity index is 274. The Kier molecular flexibility index (Phi) is 2.39. The summed E-state index contributed by atoms with van der Waals surface area (Å²) in [5.41, 5.74) is 0.979. The molecule has 1 N–H and O–H groups in total. The average Bonchev–Trinajstić information content (AvgIpc) is 2.15. The van der Waals surface area contributed by atoms with Gasteiger partial charge in [-0.15, -0.1) is 0 Å². The molecule has 1 aromatic rings. The fourth-order valence-corrected chi connectivity index (χ4v) is 1.01. The van der Waals surface area contributed by atoms with Gasteiger partial charge in [0, 0.05) is 8.29 Å². The summed E-state index contributed by atoms with van der Waals surface area (Å²) in [7, 11) is 0. The minimum absolute atomic E-state index is 0.0962. The summed E-state index contributed by atoms with van der Waals surface area (Å²) >= 11 is 0. The number of carbonyl (C=O) groups is 1. The minimum Gasteiger partial charge on any atom is -0.350 e. The maximum atomic E-state index is 10.8. The lowest BCUT2D eigenvalue weighted by Gasteiger charge is -2.11. The van der Waals surface area contributed by atoms with Crippen LogP contribution in [0.25, 0.3) is 0 Å². The third kappa shape index (κ3) is 2.38. The Hall–Kier alpha value is -1.31. The van der Waals surface area contributed by atoms with Crippen LogP contribution in [-0.4, -0.2) is 5.91 Å². The van der Waals surface area contributed by atoms with Crippen molar-refractivity contribution in [1.29, 1.82) is 0 Å². The van der Waals surface area contributed by atoms with Crippen LogP contribution in [0, 0.1) is 0 Å². The second kappa shape index (κ2) is 3.90. The molecule has 0 bridgehead atoms. The second-order valence-corrected chi connectivity index (χ2v) is 2.66. The number of nitrogens with one attached hydrogen (secondary N) is 1. The monoisotopic (exact) mass is 164 g/mol. The van der Waals surface area contributed by atoms with Crippen molar-refractivity contribution < 1.29 is 6.17 Å². The van der Waals surface area contributed by atoms with Crippen LogP contribution in [0.3, 0.4) is 0 Å². The molecule has 1 amide bonds.